The first-order valence-corrected chi connectivity index (χ1v) is 11.0. The van der Waals surface area contributed by atoms with Gasteiger partial charge in [0.1, 0.15) is 12.6 Å². The number of carbonyl (C=O) groups excluding carboxylic acids is 2. The number of H-pyrrole nitrogens is 1. The van der Waals surface area contributed by atoms with Crippen LogP contribution in [-0.4, -0.2) is 45.7 Å². The number of carbonyl (C=O) groups is 3. The summed E-state index contributed by atoms with van der Waals surface area (Å²) in [5.74, 6) is -1.68. The van der Waals surface area contributed by atoms with E-state index in [9.17, 15) is 14.4 Å². The third-order valence-electron chi connectivity index (χ3n) is 5.96. The summed E-state index contributed by atoms with van der Waals surface area (Å²) in [6, 6.07) is 14.9. The van der Waals surface area contributed by atoms with Gasteiger partial charge in [0.25, 0.3) is 0 Å². The van der Waals surface area contributed by atoms with Crippen LogP contribution in [0.3, 0.4) is 0 Å². The average Bonchev–Trinajstić information content (AvgIpc) is 3.39. The maximum Gasteiger partial charge on any atom is 0.407 e. The Morgan fingerprint density at radius 3 is 2.32 bits per heavy atom. The smallest absolute Gasteiger partial charge is 0.407 e. The number of rotatable bonds is 9. The Morgan fingerprint density at radius 2 is 1.74 bits per heavy atom. The molecule has 0 saturated carbocycles. The van der Waals surface area contributed by atoms with Gasteiger partial charge in [-0.3, -0.25) is 9.59 Å². The highest BCUT2D eigenvalue weighted by Crippen LogP contribution is 2.44. The quantitative estimate of drug-likeness (QED) is 0.386. The van der Waals surface area contributed by atoms with Gasteiger partial charge in [-0.25, -0.2) is 9.78 Å². The van der Waals surface area contributed by atoms with E-state index < -0.39 is 24.0 Å². The van der Waals surface area contributed by atoms with E-state index in [1.54, 1.807) is 0 Å². The number of hydrogen-bond donors (Lipinski definition) is 4. The van der Waals surface area contributed by atoms with E-state index in [0.29, 0.717) is 5.69 Å². The fourth-order valence-electron chi connectivity index (χ4n) is 4.18. The van der Waals surface area contributed by atoms with E-state index in [1.807, 2.05) is 55.5 Å². The van der Waals surface area contributed by atoms with Crippen molar-refractivity contribution in [3.63, 3.8) is 0 Å². The van der Waals surface area contributed by atoms with Gasteiger partial charge < -0.3 is 25.5 Å². The standard InChI is InChI=1S/C25H26N4O5/c1-15-22(28-14-27-15)12-26-24(32)21(10-11-23(30)31)29-25(33)34-13-20-18-8-4-2-6-16(18)17-7-3-5-9-19(17)20/h2-9,14,20-21H,10-13H2,1H3,(H,26,32)(H,27,28)(H,29,33)(H,30,31). The molecule has 9 heteroatoms. The van der Waals surface area contributed by atoms with Crippen LogP contribution < -0.4 is 10.6 Å². The van der Waals surface area contributed by atoms with E-state index in [2.05, 4.69) is 20.6 Å². The van der Waals surface area contributed by atoms with Crippen molar-refractivity contribution in [3.8, 4) is 11.1 Å². The number of imidazole rings is 1. The van der Waals surface area contributed by atoms with Gasteiger partial charge in [-0.1, -0.05) is 48.5 Å². The molecule has 4 N–H and O–H groups in total. The second kappa shape index (κ2) is 10.2. The highest BCUT2D eigenvalue weighted by molar-refractivity contribution is 5.86. The number of fused-ring (bicyclic) bond motifs is 3. The maximum atomic E-state index is 12.7. The number of nitrogens with one attached hydrogen (secondary N) is 3. The fourth-order valence-corrected chi connectivity index (χ4v) is 4.18. The van der Waals surface area contributed by atoms with Crippen molar-refractivity contribution in [2.75, 3.05) is 6.61 Å². The van der Waals surface area contributed by atoms with Crippen LogP contribution >= 0.6 is 0 Å². The van der Waals surface area contributed by atoms with Crippen molar-refractivity contribution in [1.29, 1.82) is 0 Å². The monoisotopic (exact) mass is 462 g/mol. The van der Waals surface area contributed by atoms with Crippen molar-refractivity contribution < 1.29 is 24.2 Å². The van der Waals surface area contributed by atoms with Gasteiger partial charge in [0.05, 0.1) is 18.6 Å². The summed E-state index contributed by atoms with van der Waals surface area (Å²) < 4.78 is 5.50. The average molecular weight is 463 g/mol. The molecule has 1 aromatic heterocycles. The van der Waals surface area contributed by atoms with Gasteiger partial charge in [-0.15, -0.1) is 0 Å². The third kappa shape index (κ3) is 5.09. The van der Waals surface area contributed by atoms with Crippen LogP contribution in [0.4, 0.5) is 4.79 Å². The topological polar surface area (TPSA) is 133 Å². The lowest BCUT2D eigenvalue weighted by molar-refractivity contribution is -0.137. The molecule has 1 heterocycles. The molecule has 1 aliphatic rings. The highest BCUT2D eigenvalue weighted by Gasteiger charge is 2.30. The van der Waals surface area contributed by atoms with Gasteiger partial charge in [0.15, 0.2) is 0 Å². The van der Waals surface area contributed by atoms with Crippen LogP contribution in [0.1, 0.15) is 41.3 Å². The number of nitrogens with zero attached hydrogens (tertiary/aromatic N) is 1. The first-order chi connectivity index (χ1) is 16.4. The minimum absolute atomic E-state index is 0.0646. The summed E-state index contributed by atoms with van der Waals surface area (Å²) in [4.78, 5) is 43.3. The second-order valence-corrected chi connectivity index (χ2v) is 8.15. The van der Waals surface area contributed by atoms with Crippen molar-refractivity contribution in [2.45, 2.75) is 38.3 Å². The molecule has 0 radical (unpaired) electrons. The Hall–Kier alpha value is -4.14. The Kier molecular flexibility index (Phi) is 6.91. The third-order valence-corrected chi connectivity index (χ3v) is 5.96. The van der Waals surface area contributed by atoms with E-state index in [-0.39, 0.29) is 31.9 Å². The number of carboxylic acid groups (broad SMARTS) is 1. The minimum atomic E-state index is -1.06. The molecule has 1 atom stereocenters. The zero-order chi connectivity index (χ0) is 24.1. The number of carboxylic acids is 1. The molecule has 4 rings (SSSR count). The number of benzene rings is 2. The van der Waals surface area contributed by atoms with Gasteiger partial charge in [-0.2, -0.15) is 0 Å². The summed E-state index contributed by atoms with van der Waals surface area (Å²) in [6.45, 7) is 2.08. The molecule has 34 heavy (non-hydrogen) atoms. The molecule has 176 valence electrons. The highest BCUT2D eigenvalue weighted by atomic mass is 16.5. The maximum absolute atomic E-state index is 12.7. The molecule has 0 spiro atoms. The zero-order valence-electron chi connectivity index (χ0n) is 18.7. The summed E-state index contributed by atoms with van der Waals surface area (Å²) in [6.07, 6.45) is 0.408. The van der Waals surface area contributed by atoms with Crippen LogP contribution in [0, 0.1) is 6.92 Å². The molecule has 3 aromatic rings. The molecule has 0 aliphatic heterocycles. The van der Waals surface area contributed by atoms with Crippen LogP contribution in [0.2, 0.25) is 0 Å². The molecule has 9 nitrogen and oxygen atoms in total. The lowest BCUT2D eigenvalue weighted by Crippen LogP contribution is -2.47. The van der Waals surface area contributed by atoms with Gasteiger partial charge in [0.2, 0.25) is 5.91 Å². The predicted octanol–water partition coefficient (Wildman–Crippen LogP) is 3.11. The summed E-state index contributed by atoms with van der Waals surface area (Å²) >= 11 is 0. The molecule has 1 aliphatic carbocycles. The Labute approximate surface area is 196 Å². The number of aromatic nitrogens is 2. The van der Waals surface area contributed by atoms with Gasteiger partial charge >= 0.3 is 12.1 Å². The first-order valence-electron chi connectivity index (χ1n) is 11.0. The number of hydrogen-bond acceptors (Lipinski definition) is 5. The number of aliphatic carboxylic acids is 1. The fraction of sp³-hybridized carbons (Fsp3) is 0.280. The SMILES string of the molecule is Cc1[nH]cnc1CNC(=O)C(CCC(=O)O)NC(=O)OCC1c2ccccc2-c2ccccc21. The number of aryl methyl sites for hydroxylation is 1. The lowest BCUT2D eigenvalue weighted by Gasteiger charge is -2.19. The predicted molar refractivity (Wildman–Crippen MR) is 124 cm³/mol. The first kappa shape index (κ1) is 23.0. The lowest BCUT2D eigenvalue weighted by atomic mass is 9.98. The molecule has 2 amide bonds. The van der Waals surface area contributed by atoms with Crippen molar-refractivity contribution in [1.82, 2.24) is 20.6 Å². The minimum Gasteiger partial charge on any atom is -0.481 e. The van der Waals surface area contributed by atoms with Crippen molar-refractivity contribution >= 4 is 18.0 Å². The van der Waals surface area contributed by atoms with E-state index in [1.165, 1.54) is 6.33 Å². The van der Waals surface area contributed by atoms with E-state index in [4.69, 9.17) is 9.84 Å². The molecular weight excluding hydrogens is 436 g/mol. The number of aromatic amines is 1. The van der Waals surface area contributed by atoms with Crippen molar-refractivity contribution in [3.05, 3.63) is 77.4 Å². The molecule has 0 fully saturated rings. The largest absolute Gasteiger partial charge is 0.481 e. The molecular formula is C25H26N4O5. The molecule has 1 unspecified atom stereocenters. The van der Waals surface area contributed by atoms with Gasteiger partial charge in [0, 0.05) is 18.0 Å². The van der Waals surface area contributed by atoms with Gasteiger partial charge in [-0.05, 0) is 35.6 Å². The zero-order valence-corrected chi connectivity index (χ0v) is 18.7. The van der Waals surface area contributed by atoms with Crippen LogP contribution in [0.5, 0.6) is 0 Å². The number of amides is 2. The number of alkyl carbamates (subject to hydrolysis) is 1. The Bertz CT molecular complexity index is 1160. The number of ether oxygens (including phenoxy) is 1. The summed E-state index contributed by atoms with van der Waals surface area (Å²) in [7, 11) is 0. The second-order valence-electron chi connectivity index (χ2n) is 8.15. The Morgan fingerprint density at radius 1 is 1.09 bits per heavy atom. The van der Waals surface area contributed by atoms with E-state index in [0.717, 1.165) is 27.9 Å². The van der Waals surface area contributed by atoms with Crippen molar-refractivity contribution in [2.24, 2.45) is 0 Å². The van der Waals surface area contributed by atoms with Crippen LogP contribution in [0.25, 0.3) is 11.1 Å². The van der Waals surface area contributed by atoms with Crippen LogP contribution in [-0.2, 0) is 20.9 Å². The molecule has 2 aromatic carbocycles. The normalized spacial score (nSPS) is 13.0. The summed E-state index contributed by atoms with van der Waals surface area (Å²) in [5, 5.41) is 14.3. The molecule has 0 saturated heterocycles. The van der Waals surface area contributed by atoms with E-state index >= 15 is 0 Å². The Balaban J connectivity index is 1.39. The summed E-state index contributed by atoms with van der Waals surface area (Å²) in [5.41, 5.74) is 5.84. The molecule has 0 bridgehead atoms. The van der Waals surface area contributed by atoms with Crippen LogP contribution in [0.15, 0.2) is 54.9 Å².